The van der Waals surface area contributed by atoms with Gasteiger partial charge in [-0.25, -0.2) is 0 Å². The van der Waals surface area contributed by atoms with Crippen molar-refractivity contribution in [2.45, 2.75) is 4.90 Å². The molecule has 1 aromatic rings. The molecule has 0 aliphatic heterocycles. The van der Waals surface area contributed by atoms with Crippen molar-refractivity contribution in [1.29, 1.82) is 0 Å². The Morgan fingerprint density at radius 2 is 2.40 bits per heavy atom. The first-order valence-electron chi connectivity index (χ1n) is 2.67. The van der Waals surface area contributed by atoms with Crippen LogP contribution in [0.25, 0.3) is 0 Å². The molecular weight excluding hydrogens is 170 g/mol. The molecule has 2 nitrogen and oxygen atoms in total. The Hall–Kier alpha value is -0.410. The van der Waals surface area contributed by atoms with Crippen molar-refractivity contribution >= 4 is 23.4 Å². The maximum Gasteiger partial charge on any atom is 0.263 e. The smallest absolute Gasteiger partial charge is 0.263 e. The lowest BCUT2D eigenvalue weighted by Gasteiger charge is -1.94. The number of hydrogen-bond donors (Lipinski definition) is 1. The number of hydrogen-bond acceptors (Lipinski definition) is 2. The van der Waals surface area contributed by atoms with E-state index in [0.717, 1.165) is 0 Å². The Labute approximate surface area is 67.6 Å². The highest BCUT2D eigenvalue weighted by molar-refractivity contribution is 7.98. The third-order valence-corrected chi connectivity index (χ3v) is 2.31. The van der Waals surface area contributed by atoms with Gasteiger partial charge in [0.2, 0.25) is 0 Å². The van der Waals surface area contributed by atoms with Crippen LogP contribution in [0, 0.1) is 0 Å². The number of rotatable bonds is 1. The molecule has 0 aliphatic carbocycles. The van der Waals surface area contributed by atoms with Crippen molar-refractivity contribution < 1.29 is 0 Å². The van der Waals surface area contributed by atoms with Gasteiger partial charge in [0.1, 0.15) is 0 Å². The summed E-state index contributed by atoms with van der Waals surface area (Å²) in [5.74, 6) is 0. The second kappa shape index (κ2) is 3.12. The van der Waals surface area contributed by atoms with E-state index in [1.807, 2.05) is 6.26 Å². The highest BCUT2D eigenvalue weighted by Crippen LogP contribution is 2.18. The molecule has 0 aliphatic rings. The number of aromatic nitrogens is 1. The van der Waals surface area contributed by atoms with Crippen LogP contribution in [-0.4, -0.2) is 11.2 Å². The molecule has 0 saturated heterocycles. The fraction of sp³-hybridized carbons (Fsp3) is 0.167. The van der Waals surface area contributed by atoms with Crippen molar-refractivity contribution in [2.24, 2.45) is 0 Å². The number of nitrogens with one attached hydrogen (secondary N) is 1. The Kier molecular flexibility index (Phi) is 2.40. The zero-order valence-electron chi connectivity index (χ0n) is 5.35. The van der Waals surface area contributed by atoms with Crippen LogP contribution in [0.3, 0.4) is 0 Å². The fourth-order valence-corrected chi connectivity index (χ4v) is 1.52. The van der Waals surface area contributed by atoms with E-state index in [2.05, 4.69) is 4.98 Å². The average Bonchev–Trinajstić information content (AvgIpc) is 1.88. The van der Waals surface area contributed by atoms with Gasteiger partial charge in [-0.05, 0) is 12.3 Å². The van der Waals surface area contributed by atoms with Crippen molar-refractivity contribution in [3.05, 3.63) is 27.6 Å². The van der Waals surface area contributed by atoms with Crippen LogP contribution in [-0.2, 0) is 0 Å². The maximum absolute atomic E-state index is 10.9. The van der Waals surface area contributed by atoms with Gasteiger partial charge in [-0.15, -0.1) is 11.8 Å². The lowest BCUT2D eigenvalue weighted by Crippen LogP contribution is -2.06. The molecule has 54 valence electrons. The first kappa shape index (κ1) is 7.69. The molecule has 0 unspecified atom stereocenters. The lowest BCUT2D eigenvalue weighted by atomic mass is 10.5. The van der Waals surface area contributed by atoms with Gasteiger partial charge in [0.25, 0.3) is 5.56 Å². The molecule has 10 heavy (non-hydrogen) atoms. The van der Waals surface area contributed by atoms with E-state index in [0.29, 0.717) is 9.92 Å². The largest absolute Gasteiger partial charge is 0.328 e. The van der Waals surface area contributed by atoms with Gasteiger partial charge in [-0.1, -0.05) is 11.6 Å². The first-order chi connectivity index (χ1) is 4.75. The van der Waals surface area contributed by atoms with Gasteiger partial charge in [0.15, 0.2) is 0 Å². The predicted octanol–water partition coefficient (Wildman–Crippen LogP) is 1.75. The molecule has 1 heterocycles. The second-order valence-electron chi connectivity index (χ2n) is 1.69. The fourth-order valence-electron chi connectivity index (χ4n) is 0.630. The van der Waals surface area contributed by atoms with E-state index < -0.39 is 0 Å². The normalized spacial score (nSPS) is 9.80. The topological polar surface area (TPSA) is 32.9 Å². The van der Waals surface area contributed by atoms with Crippen LogP contribution in [0.2, 0.25) is 5.02 Å². The summed E-state index contributed by atoms with van der Waals surface area (Å²) in [5.41, 5.74) is -0.125. The van der Waals surface area contributed by atoms with Gasteiger partial charge >= 0.3 is 0 Å². The summed E-state index contributed by atoms with van der Waals surface area (Å²) >= 11 is 7.04. The number of pyridine rings is 1. The van der Waals surface area contributed by atoms with Crippen molar-refractivity contribution in [3.63, 3.8) is 0 Å². The quantitative estimate of drug-likeness (QED) is 0.660. The molecule has 0 saturated carbocycles. The van der Waals surface area contributed by atoms with Crippen LogP contribution >= 0.6 is 23.4 Å². The van der Waals surface area contributed by atoms with E-state index in [1.54, 1.807) is 6.07 Å². The van der Waals surface area contributed by atoms with Gasteiger partial charge in [0, 0.05) is 6.20 Å². The summed E-state index contributed by atoms with van der Waals surface area (Å²) in [5, 5.41) is 0.510. The standard InChI is InChI=1S/C6H6ClNOS/c1-10-5-4(7)2-3-8-6(5)9/h2-3H,1H3,(H,8,9). The van der Waals surface area contributed by atoms with Crippen LogP contribution < -0.4 is 5.56 Å². The Morgan fingerprint density at radius 1 is 1.70 bits per heavy atom. The summed E-state index contributed by atoms with van der Waals surface area (Å²) in [7, 11) is 0. The van der Waals surface area contributed by atoms with Gasteiger partial charge < -0.3 is 4.98 Å². The van der Waals surface area contributed by atoms with Gasteiger partial charge in [-0.2, -0.15) is 0 Å². The van der Waals surface area contributed by atoms with Crippen LogP contribution in [0.4, 0.5) is 0 Å². The van der Waals surface area contributed by atoms with Crippen molar-refractivity contribution in [3.8, 4) is 0 Å². The Morgan fingerprint density at radius 3 is 2.80 bits per heavy atom. The van der Waals surface area contributed by atoms with E-state index in [9.17, 15) is 4.79 Å². The van der Waals surface area contributed by atoms with Crippen LogP contribution in [0.15, 0.2) is 22.0 Å². The molecule has 1 N–H and O–H groups in total. The van der Waals surface area contributed by atoms with Gasteiger partial charge in [-0.3, -0.25) is 4.79 Å². The van der Waals surface area contributed by atoms with Crippen LogP contribution in [0.5, 0.6) is 0 Å². The minimum absolute atomic E-state index is 0.125. The molecule has 0 atom stereocenters. The number of thioether (sulfide) groups is 1. The van der Waals surface area contributed by atoms with E-state index in [-0.39, 0.29) is 5.56 Å². The van der Waals surface area contributed by atoms with E-state index >= 15 is 0 Å². The van der Waals surface area contributed by atoms with Crippen molar-refractivity contribution in [1.82, 2.24) is 4.98 Å². The summed E-state index contributed by atoms with van der Waals surface area (Å²) in [6, 6.07) is 1.66. The predicted molar refractivity (Wildman–Crippen MR) is 43.9 cm³/mol. The number of halogens is 1. The zero-order chi connectivity index (χ0) is 7.56. The minimum Gasteiger partial charge on any atom is -0.328 e. The van der Waals surface area contributed by atoms with E-state index in [1.165, 1.54) is 18.0 Å². The lowest BCUT2D eigenvalue weighted by molar-refractivity contribution is 1.15. The zero-order valence-corrected chi connectivity index (χ0v) is 6.92. The summed E-state index contributed by atoms with van der Waals surface area (Å²) in [4.78, 5) is 14.0. The third-order valence-electron chi connectivity index (χ3n) is 1.07. The molecule has 1 rings (SSSR count). The first-order valence-corrected chi connectivity index (χ1v) is 4.27. The third kappa shape index (κ3) is 1.36. The molecule has 0 spiro atoms. The summed E-state index contributed by atoms with van der Waals surface area (Å²) < 4.78 is 0. The van der Waals surface area contributed by atoms with E-state index in [4.69, 9.17) is 11.6 Å². The summed E-state index contributed by atoms with van der Waals surface area (Å²) in [6.45, 7) is 0. The molecule has 0 radical (unpaired) electrons. The monoisotopic (exact) mass is 175 g/mol. The molecule has 0 fully saturated rings. The SMILES string of the molecule is CSc1c(Cl)cc[nH]c1=O. The average molecular weight is 176 g/mol. The second-order valence-corrected chi connectivity index (χ2v) is 2.91. The highest BCUT2D eigenvalue weighted by Gasteiger charge is 2.00. The van der Waals surface area contributed by atoms with Crippen molar-refractivity contribution in [2.75, 3.05) is 6.26 Å². The molecule has 0 amide bonds. The number of aromatic amines is 1. The minimum atomic E-state index is -0.125. The number of H-pyrrole nitrogens is 1. The van der Waals surface area contributed by atoms with Gasteiger partial charge in [0.05, 0.1) is 9.92 Å². The molecule has 0 bridgehead atoms. The van der Waals surface area contributed by atoms with Crippen LogP contribution in [0.1, 0.15) is 0 Å². The molecular formula is C6H6ClNOS. The Balaban J connectivity index is 3.31. The summed E-state index contributed by atoms with van der Waals surface area (Å²) in [6.07, 6.45) is 3.35. The molecule has 1 aromatic heterocycles. The maximum atomic E-state index is 10.9. The Bertz CT molecular complexity index is 283. The molecule has 0 aromatic carbocycles. The highest BCUT2D eigenvalue weighted by atomic mass is 35.5. The molecule has 4 heteroatoms.